The zero-order valence-corrected chi connectivity index (χ0v) is 42.2. The van der Waals surface area contributed by atoms with Crippen molar-refractivity contribution >= 4 is 53.2 Å². The van der Waals surface area contributed by atoms with Crippen LogP contribution in [-0.4, -0.2) is 143 Å². The lowest BCUT2D eigenvalue weighted by atomic mass is 9.98. The lowest BCUT2D eigenvalue weighted by Gasteiger charge is -2.35. The molecule has 5 rings (SSSR count). The number of fused-ring (bicyclic) bond motifs is 2. The Balaban J connectivity index is 1.60. The first kappa shape index (κ1) is 54.6. The van der Waals surface area contributed by atoms with Crippen LogP contribution in [0.25, 0.3) is 0 Å². The van der Waals surface area contributed by atoms with E-state index >= 15 is 0 Å². The Hall–Kier alpha value is -6.33. The maximum Gasteiger partial charge on any atom is 0.329 e. The van der Waals surface area contributed by atoms with Crippen molar-refractivity contribution in [1.29, 1.82) is 0 Å². The van der Waals surface area contributed by atoms with Gasteiger partial charge in [0.15, 0.2) is 0 Å². The van der Waals surface area contributed by atoms with Crippen molar-refractivity contribution in [3.63, 3.8) is 0 Å². The van der Waals surface area contributed by atoms with Gasteiger partial charge in [0.05, 0.1) is 0 Å². The molecule has 70 heavy (non-hydrogen) atoms. The number of cyclic esters (lactones) is 1. The molecule has 3 aliphatic rings. The van der Waals surface area contributed by atoms with E-state index in [1.165, 1.54) is 35.6 Å². The van der Waals surface area contributed by atoms with Crippen molar-refractivity contribution < 1.29 is 47.9 Å². The molecule has 382 valence electrons. The second-order valence-electron chi connectivity index (χ2n) is 20.2. The minimum atomic E-state index is -1.53. The molecule has 2 aromatic carbocycles. The van der Waals surface area contributed by atoms with E-state index < -0.39 is 114 Å². The lowest BCUT2D eigenvalue weighted by Crippen LogP contribution is -2.61. The van der Waals surface area contributed by atoms with E-state index in [-0.39, 0.29) is 50.6 Å². The summed E-state index contributed by atoms with van der Waals surface area (Å²) >= 11 is 0. The van der Waals surface area contributed by atoms with Crippen LogP contribution < -0.4 is 26.6 Å². The number of nitrogens with zero attached hydrogens (tertiary/aromatic N) is 3. The van der Waals surface area contributed by atoms with Crippen molar-refractivity contribution in [1.82, 2.24) is 41.3 Å². The molecule has 8 amide bonds. The molecular weight excluding hydrogens is 897 g/mol. The number of rotatable bonds is 10. The summed E-state index contributed by atoms with van der Waals surface area (Å²) in [5, 5.41) is 13.9. The summed E-state index contributed by atoms with van der Waals surface area (Å²) in [6, 6.07) is 8.42. The van der Waals surface area contributed by atoms with Crippen LogP contribution in [0.1, 0.15) is 105 Å². The summed E-state index contributed by atoms with van der Waals surface area (Å²) in [6.45, 7) is 14.2. The molecule has 3 aliphatic heterocycles. The third kappa shape index (κ3) is 14.4. The predicted molar refractivity (Wildman–Crippen MR) is 261 cm³/mol. The van der Waals surface area contributed by atoms with Crippen LogP contribution in [0, 0.1) is 17.8 Å². The number of nitrogens with one attached hydrogen (secondary N) is 5. The van der Waals surface area contributed by atoms with E-state index in [0.29, 0.717) is 36.8 Å². The fraction of sp³-hybridized carbons (Fsp3) is 0.596. The molecule has 3 heterocycles. The van der Waals surface area contributed by atoms with Gasteiger partial charge in [-0.25, -0.2) is 4.79 Å². The highest BCUT2D eigenvalue weighted by atomic mass is 16.5. The highest BCUT2D eigenvalue weighted by Crippen LogP contribution is 2.27. The van der Waals surface area contributed by atoms with Gasteiger partial charge in [-0.05, 0) is 74.3 Å². The fourth-order valence-corrected chi connectivity index (χ4v) is 9.54. The number of likely N-dealkylation sites (N-methyl/N-ethyl adjacent to an activating group) is 1. The molecule has 0 radical (unpaired) electrons. The zero-order chi connectivity index (χ0) is 51.4. The normalized spacial score (nSPS) is 27.3. The summed E-state index contributed by atoms with van der Waals surface area (Å²) in [4.78, 5) is 133. The molecule has 3 fully saturated rings. The van der Waals surface area contributed by atoms with Crippen molar-refractivity contribution in [3.8, 4) is 0 Å². The molecule has 0 spiro atoms. The van der Waals surface area contributed by atoms with Gasteiger partial charge in [0.25, 0.3) is 0 Å². The molecule has 0 saturated carbocycles. The second-order valence-corrected chi connectivity index (χ2v) is 20.2. The standard InChI is InChI=1S/C52H74N8O10/c1-30(2)26-37-46(63)57-43(32(5)6)51(68)60-25-17-23-41(60)50(67)59-24-16-22-40(59)47(64)56-39(27-31(3)4)49(66)58(9)42(29-36-20-14-11-15-21-36)52(69)70-33(7)44(53-34(8)61)48(65)55-38(45(62)54-37)28-35-18-12-10-13-19-35/h10-15,18-21,30-33,37-44H,16-17,22-29H2,1-9H3,(H,53,61)(H,54,62)(H,55,65)(H,56,64)(H,57,63). The van der Waals surface area contributed by atoms with Crippen molar-refractivity contribution in [2.45, 2.75) is 161 Å². The number of carbonyl (C=O) groups is 9. The van der Waals surface area contributed by atoms with Crippen LogP contribution in [-0.2, 0) is 60.7 Å². The minimum absolute atomic E-state index is 0.0163. The number of carbonyl (C=O) groups excluding carboxylic acids is 9. The summed E-state index contributed by atoms with van der Waals surface area (Å²) in [6.07, 6.45) is 0.618. The third-order valence-corrected chi connectivity index (χ3v) is 13.2. The van der Waals surface area contributed by atoms with Gasteiger partial charge in [-0.3, -0.25) is 38.4 Å². The number of esters is 1. The van der Waals surface area contributed by atoms with Gasteiger partial charge in [-0.1, -0.05) is 102 Å². The fourth-order valence-electron chi connectivity index (χ4n) is 9.54. The highest BCUT2D eigenvalue weighted by molar-refractivity contribution is 5.98. The van der Waals surface area contributed by atoms with Crippen LogP contribution in [0.3, 0.4) is 0 Å². The average molecular weight is 971 g/mol. The maximum atomic E-state index is 14.7. The highest BCUT2D eigenvalue weighted by Gasteiger charge is 2.46. The molecule has 0 aromatic heterocycles. The van der Waals surface area contributed by atoms with Crippen molar-refractivity contribution in [2.75, 3.05) is 20.1 Å². The minimum Gasteiger partial charge on any atom is -0.458 e. The molecule has 18 nitrogen and oxygen atoms in total. The average Bonchev–Trinajstić information content (AvgIpc) is 4.01. The summed E-state index contributed by atoms with van der Waals surface area (Å²) in [7, 11) is 1.44. The first-order valence-corrected chi connectivity index (χ1v) is 24.8. The van der Waals surface area contributed by atoms with Gasteiger partial charge in [0, 0.05) is 39.9 Å². The van der Waals surface area contributed by atoms with E-state index in [1.54, 1.807) is 74.5 Å². The van der Waals surface area contributed by atoms with Crippen LogP contribution in [0.4, 0.5) is 0 Å². The van der Waals surface area contributed by atoms with E-state index in [0.717, 1.165) is 0 Å². The third-order valence-electron chi connectivity index (χ3n) is 13.2. The largest absolute Gasteiger partial charge is 0.458 e. The first-order chi connectivity index (χ1) is 33.2. The van der Waals surface area contributed by atoms with E-state index in [4.69, 9.17) is 4.74 Å². The monoisotopic (exact) mass is 971 g/mol. The molecule has 0 bridgehead atoms. The number of hydrogen-bond donors (Lipinski definition) is 5. The van der Waals surface area contributed by atoms with E-state index in [1.807, 2.05) is 27.7 Å². The molecule has 2 aromatic rings. The Morgan fingerprint density at radius 3 is 1.69 bits per heavy atom. The molecule has 9 atom stereocenters. The molecular formula is C52H74N8O10. The summed E-state index contributed by atoms with van der Waals surface area (Å²) in [5.74, 6) is -6.45. The lowest BCUT2D eigenvalue weighted by molar-refractivity contribution is -0.161. The first-order valence-electron chi connectivity index (χ1n) is 24.8. The zero-order valence-electron chi connectivity index (χ0n) is 42.2. The van der Waals surface area contributed by atoms with Crippen LogP contribution in [0.5, 0.6) is 0 Å². The van der Waals surface area contributed by atoms with Crippen LogP contribution in [0.15, 0.2) is 60.7 Å². The number of benzene rings is 2. The molecule has 3 saturated heterocycles. The second kappa shape index (κ2) is 25.0. The number of hydrogen-bond acceptors (Lipinski definition) is 10. The topological polar surface area (TPSA) is 233 Å². The summed E-state index contributed by atoms with van der Waals surface area (Å²) in [5.41, 5.74) is 1.34. The Labute approximate surface area is 412 Å². The quantitative estimate of drug-likeness (QED) is 0.218. The summed E-state index contributed by atoms with van der Waals surface area (Å²) < 4.78 is 6.00. The van der Waals surface area contributed by atoms with Gasteiger partial charge < -0.3 is 46.0 Å². The molecule has 5 N–H and O–H groups in total. The Morgan fingerprint density at radius 1 is 0.629 bits per heavy atom. The van der Waals surface area contributed by atoms with E-state index in [9.17, 15) is 43.2 Å². The van der Waals surface area contributed by atoms with Crippen molar-refractivity contribution in [2.24, 2.45) is 17.8 Å². The van der Waals surface area contributed by atoms with Gasteiger partial charge in [-0.15, -0.1) is 0 Å². The molecule has 0 aliphatic carbocycles. The van der Waals surface area contributed by atoms with Crippen LogP contribution >= 0.6 is 0 Å². The smallest absolute Gasteiger partial charge is 0.329 e. The Morgan fingerprint density at radius 2 is 1.13 bits per heavy atom. The number of amides is 8. The molecule has 9 unspecified atom stereocenters. The predicted octanol–water partition coefficient (Wildman–Crippen LogP) is 2.42. The Bertz CT molecular complexity index is 2190. The Kier molecular flexibility index (Phi) is 19.5. The van der Waals surface area contributed by atoms with Crippen molar-refractivity contribution in [3.05, 3.63) is 71.8 Å². The van der Waals surface area contributed by atoms with Gasteiger partial charge >= 0.3 is 5.97 Å². The van der Waals surface area contributed by atoms with Crippen LogP contribution in [0.2, 0.25) is 0 Å². The van der Waals surface area contributed by atoms with Gasteiger partial charge in [-0.2, -0.15) is 0 Å². The number of ether oxygens (including phenoxy) is 1. The van der Waals surface area contributed by atoms with Gasteiger partial charge in [0.2, 0.25) is 47.3 Å². The van der Waals surface area contributed by atoms with Gasteiger partial charge in [0.1, 0.15) is 54.4 Å². The molecule has 18 heteroatoms. The van der Waals surface area contributed by atoms with E-state index in [2.05, 4.69) is 26.6 Å². The maximum absolute atomic E-state index is 14.7. The SMILES string of the molecule is CC(=O)NC1C(=O)NC(Cc2ccccc2)C(=O)NC(CC(C)C)C(=O)NC(C(C)C)C(=O)N2CCCC2C(=O)N2CCCC2C(=O)NC(CC(C)C)C(=O)N(C)C(Cc2ccccc2)C(=O)OC1C.